The standard InChI is InChI=1S/C16H29NO2/c1-11(2)14-8-5-12(3)9-15(14)19-16(18)10-17(4)13-6-7-13/h11-15H,5-10H2,1-4H3/t12-,14+,15+/m1/s1. The van der Waals surface area contributed by atoms with Crippen molar-refractivity contribution in [1.82, 2.24) is 4.90 Å². The molecule has 0 unspecified atom stereocenters. The summed E-state index contributed by atoms with van der Waals surface area (Å²) in [6, 6.07) is 0.624. The van der Waals surface area contributed by atoms with Crippen LogP contribution in [-0.2, 0) is 9.53 Å². The first-order valence-corrected chi connectivity index (χ1v) is 7.87. The Balaban J connectivity index is 1.84. The molecule has 0 aromatic rings. The van der Waals surface area contributed by atoms with Crippen molar-refractivity contribution in [2.24, 2.45) is 17.8 Å². The van der Waals surface area contributed by atoms with Crippen LogP contribution in [0.25, 0.3) is 0 Å². The Morgan fingerprint density at radius 1 is 1.26 bits per heavy atom. The lowest BCUT2D eigenvalue weighted by atomic mass is 9.75. The molecule has 0 radical (unpaired) electrons. The van der Waals surface area contributed by atoms with Crippen LogP contribution in [0.5, 0.6) is 0 Å². The summed E-state index contributed by atoms with van der Waals surface area (Å²) in [5.41, 5.74) is 0. The van der Waals surface area contributed by atoms with Crippen LogP contribution < -0.4 is 0 Å². The summed E-state index contributed by atoms with van der Waals surface area (Å²) in [4.78, 5) is 14.2. The number of rotatable bonds is 5. The van der Waals surface area contributed by atoms with Gasteiger partial charge in [-0.1, -0.05) is 27.2 Å². The zero-order valence-corrected chi connectivity index (χ0v) is 12.9. The average Bonchev–Trinajstić information content (AvgIpc) is 3.11. The summed E-state index contributed by atoms with van der Waals surface area (Å²) in [5.74, 6) is 1.81. The molecule has 0 aliphatic heterocycles. The third-order valence-corrected chi connectivity index (χ3v) is 4.79. The monoisotopic (exact) mass is 267 g/mol. The van der Waals surface area contributed by atoms with E-state index in [1.165, 1.54) is 25.7 Å². The van der Waals surface area contributed by atoms with Crippen molar-refractivity contribution in [2.45, 2.75) is 65.0 Å². The maximum atomic E-state index is 12.1. The molecule has 3 nitrogen and oxygen atoms in total. The van der Waals surface area contributed by atoms with Crippen molar-refractivity contribution in [3.8, 4) is 0 Å². The molecule has 0 N–H and O–H groups in total. The molecule has 0 aromatic heterocycles. The molecule has 2 fully saturated rings. The zero-order chi connectivity index (χ0) is 14.0. The normalized spacial score (nSPS) is 31.8. The lowest BCUT2D eigenvalue weighted by molar-refractivity contribution is -0.157. The predicted octanol–water partition coefficient (Wildman–Crippen LogP) is 3.08. The van der Waals surface area contributed by atoms with Crippen LogP contribution in [0.3, 0.4) is 0 Å². The highest BCUT2D eigenvalue weighted by atomic mass is 16.5. The van der Waals surface area contributed by atoms with E-state index in [-0.39, 0.29) is 12.1 Å². The maximum Gasteiger partial charge on any atom is 0.320 e. The summed E-state index contributed by atoms with van der Waals surface area (Å²) in [6.45, 7) is 7.23. The van der Waals surface area contributed by atoms with E-state index < -0.39 is 0 Å². The molecule has 2 saturated carbocycles. The second-order valence-corrected chi connectivity index (χ2v) is 7.00. The topological polar surface area (TPSA) is 29.5 Å². The van der Waals surface area contributed by atoms with E-state index >= 15 is 0 Å². The molecule has 0 bridgehead atoms. The molecular weight excluding hydrogens is 238 g/mol. The predicted molar refractivity (Wildman–Crippen MR) is 76.9 cm³/mol. The minimum Gasteiger partial charge on any atom is -0.461 e. The smallest absolute Gasteiger partial charge is 0.320 e. The number of ether oxygens (including phenoxy) is 1. The Hall–Kier alpha value is -0.570. The van der Waals surface area contributed by atoms with Gasteiger partial charge in [-0.05, 0) is 50.5 Å². The van der Waals surface area contributed by atoms with Crippen LogP contribution in [0.2, 0.25) is 0 Å². The van der Waals surface area contributed by atoms with Gasteiger partial charge in [0.25, 0.3) is 0 Å². The third kappa shape index (κ3) is 4.20. The van der Waals surface area contributed by atoms with Crippen molar-refractivity contribution in [2.75, 3.05) is 13.6 Å². The molecular formula is C16H29NO2. The highest BCUT2D eigenvalue weighted by Crippen LogP contribution is 2.35. The van der Waals surface area contributed by atoms with Gasteiger partial charge in [-0.25, -0.2) is 0 Å². The second-order valence-electron chi connectivity index (χ2n) is 7.00. The molecule has 3 heteroatoms. The molecule has 110 valence electrons. The van der Waals surface area contributed by atoms with E-state index in [9.17, 15) is 4.79 Å². The first kappa shape index (κ1) is 14.8. The number of carbonyl (C=O) groups is 1. The van der Waals surface area contributed by atoms with Crippen LogP contribution >= 0.6 is 0 Å². The first-order valence-electron chi connectivity index (χ1n) is 7.87. The number of hydrogen-bond acceptors (Lipinski definition) is 3. The lowest BCUT2D eigenvalue weighted by Crippen LogP contribution is -2.38. The van der Waals surface area contributed by atoms with Crippen LogP contribution in [0.15, 0.2) is 0 Å². The van der Waals surface area contributed by atoms with E-state index in [4.69, 9.17) is 4.74 Å². The Bertz CT molecular complexity index is 312. The van der Waals surface area contributed by atoms with E-state index in [1.54, 1.807) is 0 Å². The van der Waals surface area contributed by atoms with Crippen LogP contribution in [-0.4, -0.2) is 36.6 Å². The van der Waals surface area contributed by atoms with Gasteiger partial charge in [0.15, 0.2) is 0 Å². The molecule has 0 spiro atoms. The SMILES string of the molecule is CC(C)[C@@H]1CC[C@@H](C)C[C@@H]1OC(=O)CN(C)C1CC1. The van der Waals surface area contributed by atoms with Crippen LogP contribution in [0, 0.1) is 17.8 Å². The van der Waals surface area contributed by atoms with E-state index in [2.05, 4.69) is 25.7 Å². The maximum absolute atomic E-state index is 12.1. The number of esters is 1. The first-order chi connectivity index (χ1) is 8.97. The zero-order valence-electron chi connectivity index (χ0n) is 12.9. The molecule has 2 rings (SSSR count). The van der Waals surface area contributed by atoms with Crippen molar-refractivity contribution in [3.63, 3.8) is 0 Å². The van der Waals surface area contributed by atoms with Crippen molar-refractivity contribution in [3.05, 3.63) is 0 Å². The lowest BCUT2D eigenvalue weighted by Gasteiger charge is -2.37. The molecule has 2 aliphatic carbocycles. The molecule has 2 aliphatic rings. The van der Waals surface area contributed by atoms with Gasteiger partial charge in [0.2, 0.25) is 0 Å². The minimum atomic E-state index is -0.0286. The van der Waals surface area contributed by atoms with Gasteiger partial charge in [-0.3, -0.25) is 9.69 Å². The highest BCUT2D eigenvalue weighted by Gasteiger charge is 2.34. The molecule has 0 heterocycles. The van der Waals surface area contributed by atoms with Crippen molar-refractivity contribution >= 4 is 5.97 Å². The van der Waals surface area contributed by atoms with Gasteiger partial charge in [0, 0.05) is 6.04 Å². The summed E-state index contributed by atoms with van der Waals surface area (Å²) < 4.78 is 5.80. The molecule has 0 amide bonds. The van der Waals surface area contributed by atoms with Crippen LogP contribution in [0.1, 0.15) is 52.9 Å². The highest BCUT2D eigenvalue weighted by molar-refractivity contribution is 5.72. The third-order valence-electron chi connectivity index (χ3n) is 4.79. The number of likely N-dealkylation sites (N-methyl/N-ethyl adjacent to an activating group) is 1. The van der Waals surface area contributed by atoms with Crippen molar-refractivity contribution < 1.29 is 9.53 Å². The largest absolute Gasteiger partial charge is 0.461 e. The van der Waals surface area contributed by atoms with Gasteiger partial charge in [0.05, 0.1) is 6.54 Å². The van der Waals surface area contributed by atoms with Gasteiger partial charge in [-0.2, -0.15) is 0 Å². The summed E-state index contributed by atoms with van der Waals surface area (Å²) >= 11 is 0. The van der Waals surface area contributed by atoms with Gasteiger partial charge in [0.1, 0.15) is 6.10 Å². The quantitative estimate of drug-likeness (QED) is 0.717. The molecule has 0 saturated heterocycles. The fourth-order valence-electron chi connectivity index (χ4n) is 3.30. The van der Waals surface area contributed by atoms with Gasteiger partial charge >= 0.3 is 5.97 Å². The Labute approximate surface area is 117 Å². The summed E-state index contributed by atoms with van der Waals surface area (Å²) in [5, 5.41) is 0. The van der Waals surface area contributed by atoms with Crippen molar-refractivity contribution in [1.29, 1.82) is 0 Å². The Kier molecular flexibility index (Phi) is 4.88. The Morgan fingerprint density at radius 2 is 1.95 bits per heavy atom. The number of hydrogen-bond donors (Lipinski definition) is 0. The number of nitrogens with zero attached hydrogens (tertiary/aromatic N) is 1. The fraction of sp³-hybridized carbons (Fsp3) is 0.938. The number of carbonyl (C=O) groups excluding carboxylic acids is 1. The molecule has 3 atom stereocenters. The molecule has 19 heavy (non-hydrogen) atoms. The van der Waals surface area contributed by atoms with E-state index in [0.29, 0.717) is 30.3 Å². The van der Waals surface area contributed by atoms with Gasteiger partial charge in [-0.15, -0.1) is 0 Å². The average molecular weight is 267 g/mol. The Morgan fingerprint density at radius 3 is 2.53 bits per heavy atom. The van der Waals surface area contributed by atoms with Crippen LogP contribution in [0.4, 0.5) is 0 Å². The second kappa shape index (κ2) is 6.25. The molecule has 0 aromatic carbocycles. The summed E-state index contributed by atoms with van der Waals surface area (Å²) in [6.07, 6.45) is 6.14. The summed E-state index contributed by atoms with van der Waals surface area (Å²) in [7, 11) is 2.03. The van der Waals surface area contributed by atoms with Gasteiger partial charge < -0.3 is 4.74 Å². The minimum absolute atomic E-state index is 0.0286. The van der Waals surface area contributed by atoms with E-state index in [0.717, 1.165) is 6.42 Å². The van der Waals surface area contributed by atoms with E-state index in [1.807, 2.05) is 7.05 Å². The fourth-order valence-corrected chi connectivity index (χ4v) is 3.30.